The summed E-state index contributed by atoms with van der Waals surface area (Å²) in [5.41, 5.74) is 0. The number of hydrogen-bond acceptors (Lipinski definition) is 4. The molecule has 0 bridgehead atoms. The first-order chi connectivity index (χ1) is 6.40. The van der Waals surface area contributed by atoms with Gasteiger partial charge in [0, 0.05) is 24.0 Å². The van der Waals surface area contributed by atoms with Crippen LogP contribution in [-0.4, -0.2) is 19.1 Å². The molecule has 4 heteroatoms. The van der Waals surface area contributed by atoms with Gasteiger partial charge in [-0.3, -0.25) is 5.32 Å². The van der Waals surface area contributed by atoms with Crippen LogP contribution in [0, 0.1) is 11.3 Å². The zero-order valence-corrected chi connectivity index (χ0v) is 7.97. The molecule has 2 N–H and O–H groups in total. The van der Waals surface area contributed by atoms with Crippen molar-refractivity contribution in [2.24, 2.45) is 0 Å². The molecule has 1 aromatic heterocycles. The molecule has 0 radical (unpaired) electrons. The van der Waals surface area contributed by atoms with E-state index in [0.717, 1.165) is 18.0 Å². The van der Waals surface area contributed by atoms with Crippen LogP contribution in [0.5, 0.6) is 0 Å². The fourth-order valence-electron chi connectivity index (χ4n) is 1.28. The van der Waals surface area contributed by atoms with Gasteiger partial charge in [-0.1, -0.05) is 6.07 Å². The monoisotopic (exact) mass is 193 g/mol. The Morgan fingerprint density at radius 2 is 2.54 bits per heavy atom. The molecule has 0 saturated carbocycles. The lowest BCUT2D eigenvalue weighted by atomic mass is 10.1. The van der Waals surface area contributed by atoms with Crippen LogP contribution in [-0.2, 0) is 0 Å². The van der Waals surface area contributed by atoms with Crippen LogP contribution in [0.1, 0.15) is 10.9 Å². The quantitative estimate of drug-likeness (QED) is 0.749. The zero-order chi connectivity index (χ0) is 9.10. The summed E-state index contributed by atoms with van der Waals surface area (Å²) >= 11 is 1.63. The Bertz CT molecular complexity index is 297. The van der Waals surface area contributed by atoms with Gasteiger partial charge in [-0.2, -0.15) is 5.26 Å². The third-order valence-electron chi connectivity index (χ3n) is 2.14. The van der Waals surface area contributed by atoms with Crippen LogP contribution < -0.4 is 10.6 Å². The Labute approximate surface area is 81.4 Å². The van der Waals surface area contributed by atoms with Crippen molar-refractivity contribution in [2.75, 3.05) is 13.1 Å². The van der Waals surface area contributed by atoms with E-state index in [1.807, 2.05) is 17.5 Å². The van der Waals surface area contributed by atoms with Crippen LogP contribution in [0.2, 0.25) is 0 Å². The first-order valence-electron chi connectivity index (χ1n) is 4.30. The molecule has 1 aromatic rings. The number of nitrogens with zero attached hydrogens (tertiary/aromatic N) is 1. The van der Waals surface area contributed by atoms with Gasteiger partial charge in [-0.25, -0.2) is 0 Å². The smallest absolute Gasteiger partial charge is 0.130 e. The van der Waals surface area contributed by atoms with Gasteiger partial charge >= 0.3 is 0 Å². The van der Waals surface area contributed by atoms with Crippen molar-refractivity contribution in [1.29, 1.82) is 5.26 Å². The van der Waals surface area contributed by atoms with Crippen molar-refractivity contribution in [3.8, 4) is 6.07 Å². The summed E-state index contributed by atoms with van der Waals surface area (Å²) in [5.74, 6) is 0. The van der Waals surface area contributed by atoms with Crippen LogP contribution in [0.25, 0.3) is 0 Å². The number of nitriles is 1. The maximum atomic E-state index is 8.94. The van der Waals surface area contributed by atoms with E-state index >= 15 is 0 Å². The highest BCUT2D eigenvalue weighted by atomic mass is 32.1. The van der Waals surface area contributed by atoms with Crippen molar-refractivity contribution in [1.82, 2.24) is 10.6 Å². The van der Waals surface area contributed by atoms with Crippen LogP contribution >= 0.6 is 11.3 Å². The second kappa shape index (κ2) is 3.88. The number of thiophene rings is 1. The van der Waals surface area contributed by atoms with Crippen LogP contribution in [0.4, 0.5) is 0 Å². The molecule has 1 fully saturated rings. The van der Waals surface area contributed by atoms with Gasteiger partial charge in [0.05, 0.1) is 6.07 Å². The van der Waals surface area contributed by atoms with Crippen molar-refractivity contribution in [3.63, 3.8) is 0 Å². The van der Waals surface area contributed by atoms with E-state index in [4.69, 9.17) is 5.26 Å². The van der Waals surface area contributed by atoms with E-state index in [1.54, 1.807) is 11.3 Å². The van der Waals surface area contributed by atoms with E-state index < -0.39 is 0 Å². The molecular formula is C9H11N3S. The lowest BCUT2D eigenvalue weighted by molar-refractivity contribution is 0.353. The first kappa shape index (κ1) is 8.70. The summed E-state index contributed by atoms with van der Waals surface area (Å²) in [6.45, 7) is 1.95. The minimum atomic E-state index is -0.132. The van der Waals surface area contributed by atoms with Crippen molar-refractivity contribution < 1.29 is 0 Å². The van der Waals surface area contributed by atoms with Crippen molar-refractivity contribution >= 4 is 11.3 Å². The molecule has 0 spiro atoms. The van der Waals surface area contributed by atoms with E-state index in [1.165, 1.54) is 0 Å². The first-order valence-corrected chi connectivity index (χ1v) is 5.18. The standard InChI is InChI=1S/C9H11N3S/c10-4-8(9-2-1-3-13-9)12-7-5-11-6-7/h1-3,7-8,11-12H,5-6H2/t8-/m1/s1. The lowest BCUT2D eigenvalue weighted by Crippen LogP contribution is -2.55. The Kier molecular flexibility index (Phi) is 2.60. The van der Waals surface area contributed by atoms with Gasteiger partial charge in [-0.15, -0.1) is 11.3 Å². The van der Waals surface area contributed by atoms with Crippen molar-refractivity contribution in [2.45, 2.75) is 12.1 Å². The Balaban J connectivity index is 1.98. The number of hydrogen-bond donors (Lipinski definition) is 2. The predicted octanol–water partition coefficient (Wildman–Crippen LogP) is 0.874. The molecule has 13 heavy (non-hydrogen) atoms. The van der Waals surface area contributed by atoms with Crippen molar-refractivity contribution in [3.05, 3.63) is 22.4 Å². The Hall–Kier alpha value is -0.890. The molecule has 3 nitrogen and oxygen atoms in total. The molecule has 0 unspecified atom stereocenters. The summed E-state index contributed by atoms with van der Waals surface area (Å²) in [6.07, 6.45) is 0. The molecule has 2 heterocycles. The molecule has 0 amide bonds. The highest BCUT2D eigenvalue weighted by Crippen LogP contribution is 2.18. The van der Waals surface area contributed by atoms with Gasteiger partial charge in [0.2, 0.25) is 0 Å². The Morgan fingerprint density at radius 3 is 3.00 bits per heavy atom. The summed E-state index contributed by atoms with van der Waals surface area (Å²) in [5, 5.41) is 17.4. The minimum Gasteiger partial charge on any atom is -0.314 e. The second-order valence-corrected chi connectivity index (χ2v) is 4.08. The lowest BCUT2D eigenvalue weighted by Gasteiger charge is -2.29. The highest BCUT2D eigenvalue weighted by molar-refractivity contribution is 7.10. The zero-order valence-electron chi connectivity index (χ0n) is 7.16. The highest BCUT2D eigenvalue weighted by Gasteiger charge is 2.21. The van der Waals surface area contributed by atoms with Gasteiger partial charge in [0.25, 0.3) is 0 Å². The molecule has 1 saturated heterocycles. The molecule has 1 atom stereocenters. The van der Waals surface area contributed by atoms with E-state index in [0.29, 0.717) is 6.04 Å². The molecule has 0 aromatic carbocycles. The third-order valence-corrected chi connectivity index (χ3v) is 3.08. The van der Waals surface area contributed by atoms with E-state index in [-0.39, 0.29) is 6.04 Å². The minimum absolute atomic E-state index is 0.132. The largest absolute Gasteiger partial charge is 0.314 e. The van der Waals surface area contributed by atoms with Gasteiger partial charge in [0.15, 0.2) is 0 Å². The molecule has 68 valence electrons. The third kappa shape index (κ3) is 1.89. The summed E-state index contributed by atoms with van der Waals surface area (Å²) < 4.78 is 0. The van der Waals surface area contributed by atoms with Gasteiger partial charge in [-0.05, 0) is 11.4 Å². The molecule has 2 rings (SSSR count). The number of nitrogens with one attached hydrogen (secondary N) is 2. The predicted molar refractivity (Wildman–Crippen MR) is 52.5 cm³/mol. The van der Waals surface area contributed by atoms with Crippen LogP contribution in [0.3, 0.4) is 0 Å². The number of rotatable bonds is 3. The fraction of sp³-hybridized carbons (Fsp3) is 0.444. The normalized spacial score (nSPS) is 19.0. The molecule has 0 aliphatic carbocycles. The van der Waals surface area contributed by atoms with Gasteiger partial charge < -0.3 is 5.32 Å². The topological polar surface area (TPSA) is 47.9 Å². The molecule has 1 aliphatic heterocycles. The Morgan fingerprint density at radius 1 is 1.69 bits per heavy atom. The van der Waals surface area contributed by atoms with E-state index in [2.05, 4.69) is 16.7 Å². The summed E-state index contributed by atoms with van der Waals surface area (Å²) in [4.78, 5) is 1.11. The molecule has 1 aliphatic rings. The SMILES string of the molecule is N#C[C@@H](NC1CNC1)c1cccs1. The maximum absolute atomic E-state index is 8.94. The van der Waals surface area contributed by atoms with Gasteiger partial charge in [0.1, 0.15) is 6.04 Å². The second-order valence-electron chi connectivity index (χ2n) is 3.10. The fourth-order valence-corrected chi connectivity index (χ4v) is 2.01. The summed E-state index contributed by atoms with van der Waals surface area (Å²) in [7, 11) is 0. The summed E-state index contributed by atoms with van der Waals surface area (Å²) in [6, 6.07) is 6.58. The average molecular weight is 193 g/mol. The molecular weight excluding hydrogens is 182 g/mol. The maximum Gasteiger partial charge on any atom is 0.130 e. The average Bonchev–Trinajstić information content (AvgIpc) is 2.55. The van der Waals surface area contributed by atoms with Crippen LogP contribution in [0.15, 0.2) is 17.5 Å². The van der Waals surface area contributed by atoms with E-state index in [9.17, 15) is 0 Å².